The predicted molar refractivity (Wildman–Crippen MR) is 145 cm³/mol. The molecule has 1 saturated heterocycles. The van der Waals surface area contributed by atoms with Crippen LogP contribution in [0.5, 0.6) is 11.6 Å². The number of amides is 2. The van der Waals surface area contributed by atoms with Gasteiger partial charge in [-0.25, -0.2) is 24.7 Å². The van der Waals surface area contributed by atoms with E-state index >= 15 is 0 Å². The molecule has 0 bridgehead atoms. The van der Waals surface area contributed by atoms with Crippen LogP contribution >= 0.6 is 11.3 Å². The summed E-state index contributed by atoms with van der Waals surface area (Å²) in [6, 6.07) is 7.82. The zero-order valence-corrected chi connectivity index (χ0v) is 22.6. The van der Waals surface area contributed by atoms with Crippen molar-refractivity contribution in [2.45, 2.75) is 44.9 Å². The molecule has 4 aromatic rings. The minimum absolute atomic E-state index is 0.100. The number of fused-ring (bicyclic) bond motifs is 1. The number of nitrogens with one attached hydrogen (secondary N) is 2. The van der Waals surface area contributed by atoms with Gasteiger partial charge in [-0.1, -0.05) is 17.4 Å². The Morgan fingerprint density at radius 3 is 2.73 bits per heavy atom. The number of pyridine rings is 1. The summed E-state index contributed by atoms with van der Waals surface area (Å²) in [7, 11) is 0. The first-order chi connectivity index (χ1) is 19.5. The molecule has 2 atom stereocenters. The van der Waals surface area contributed by atoms with Crippen LogP contribution in [0.1, 0.15) is 32.4 Å². The van der Waals surface area contributed by atoms with E-state index < -0.39 is 30.0 Å². The summed E-state index contributed by atoms with van der Waals surface area (Å²) in [6.45, 7) is 3.43. The molecule has 3 aromatic heterocycles. The number of alkyl halides is 3. The van der Waals surface area contributed by atoms with E-state index in [0.717, 1.165) is 10.8 Å². The van der Waals surface area contributed by atoms with Gasteiger partial charge in [0.15, 0.2) is 10.9 Å². The van der Waals surface area contributed by atoms with Crippen LogP contribution in [0, 0.1) is 0 Å². The lowest BCUT2D eigenvalue weighted by molar-refractivity contribution is -0.141. The number of ether oxygens (including phenoxy) is 1. The molecule has 3 N–H and O–H groups in total. The van der Waals surface area contributed by atoms with E-state index in [1.165, 1.54) is 41.6 Å². The van der Waals surface area contributed by atoms with Crippen LogP contribution in [0.3, 0.4) is 0 Å². The summed E-state index contributed by atoms with van der Waals surface area (Å²) in [6.07, 6.45) is -3.36. The van der Waals surface area contributed by atoms with E-state index in [1.54, 1.807) is 19.1 Å². The Bertz CT molecular complexity index is 1610. The van der Waals surface area contributed by atoms with E-state index in [2.05, 4.69) is 30.6 Å². The number of anilines is 2. The van der Waals surface area contributed by atoms with Crippen molar-refractivity contribution in [3.8, 4) is 22.9 Å². The van der Waals surface area contributed by atoms with Gasteiger partial charge in [0.25, 0.3) is 0 Å². The first kappa shape index (κ1) is 28.0. The summed E-state index contributed by atoms with van der Waals surface area (Å²) in [4.78, 5) is 41.0. The Balaban J connectivity index is 1.47. The molecule has 0 spiro atoms. The average Bonchev–Trinajstić information content (AvgIpc) is 3.56. The topological polar surface area (TPSA) is 142 Å². The Morgan fingerprint density at radius 1 is 1.20 bits per heavy atom. The second kappa shape index (κ2) is 11.2. The number of thiazole rings is 1. The van der Waals surface area contributed by atoms with Crippen molar-refractivity contribution < 1.29 is 32.6 Å². The molecule has 11 nitrogen and oxygen atoms in total. The van der Waals surface area contributed by atoms with Crippen LogP contribution in [-0.2, 0) is 11.0 Å². The van der Waals surface area contributed by atoms with Crippen molar-refractivity contribution in [3.05, 3.63) is 48.4 Å². The normalized spacial score (nSPS) is 16.0. The summed E-state index contributed by atoms with van der Waals surface area (Å²) in [5.74, 6) is 0.0889. The number of likely N-dealkylation sites (tertiary alicyclic amines) is 1. The van der Waals surface area contributed by atoms with E-state index in [1.807, 2.05) is 6.07 Å². The Labute approximate surface area is 235 Å². The average molecular weight is 588 g/mol. The van der Waals surface area contributed by atoms with Crippen molar-refractivity contribution >= 4 is 44.5 Å². The highest BCUT2D eigenvalue weighted by molar-refractivity contribution is 7.22. The highest BCUT2D eigenvalue weighted by Crippen LogP contribution is 2.37. The number of nitrogens with zero attached hydrogens (tertiary/aromatic N) is 5. The summed E-state index contributed by atoms with van der Waals surface area (Å²) in [5, 5.41) is 15.6. The molecular weight excluding hydrogens is 563 g/mol. The lowest BCUT2D eigenvalue weighted by Crippen LogP contribution is -2.44. The number of hydrogen-bond donors (Lipinski definition) is 3. The second-order valence-corrected chi connectivity index (χ2v) is 10.4. The van der Waals surface area contributed by atoms with E-state index in [-0.39, 0.29) is 28.9 Å². The number of hydrogen-bond acceptors (Lipinski definition) is 9. The van der Waals surface area contributed by atoms with Gasteiger partial charge in [-0.15, -0.1) is 0 Å². The predicted octanol–water partition coefficient (Wildman–Crippen LogP) is 5.86. The van der Waals surface area contributed by atoms with Crippen molar-refractivity contribution in [3.63, 3.8) is 0 Å². The third-order valence-electron chi connectivity index (χ3n) is 6.47. The molecule has 1 aliphatic heterocycles. The molecule has 1 fully saturated rings. The number of aromatic nitrogens is 4. The highest BCUT2D eigenvalue weighted by Gasteiger charge is 2.35. The SMILES string of the molecule is CC(=O)Nc1nc2c(Oc3cc(-c4ccc(C(F)(F)F)nc4N[C@@H](C)C4CCCN4C(=O)O)ncn3)cccc2s1. The van der Waals surface area contributed by atoms with Gasteiger partial charge in [0.2, 0.25) is 11.8 Å². The van der Waals surface area contributed by atoms with Crippen LogP contribution < -0.4 is 15.4 Å². The third-order valence-corrected chi connectivity index (χ3v) is 7.41. The molecule has 15 heteroatoms. The minimum atomic E-state index is -4.69. The molecule has 0 saturated carbocycles. The van der Waals surface area contributed by atoms with Crippen LogP contribution in [0.15, 0.2) is 42.7 Å². The minimum Gasteiger partial charge on any atom is -0.465 e. The summed E-state index contributed by atoms with van der Waals surface area (Å²) >= 11 is 1.27. The number of para-hydroxylation sites is 1. The van der Waals surface area contributed by atoms with Gasteiger partial charge in [-0.2, -0.15) is 13.2 Å². The van der Waals surface area contributed by atoms with Crippen LogP contribution in [0.25, 0.3) is 21.5 Å². The molecule has 1 aromatic carbocycles. The number of halogens is 3. The fraction of sp³-hybridized carbons (Fsp3) is 0.308. The van der Waals surface area contributed by atoms with E-state index in [0.29, 0.717) is 35.8 Å². The zero-order chi connectivity index (χ0) is 29.3. The fourth-order valence-corrected chi connectivity index (χ4v) is 5.59. The molecule has 0 radical (unpaired) electrons. The maximum Gasteiger partial charge on any atom is 0.433 e. The highest BCUT2D eigenvalue weighted by atomic mass is 32.1. The van der Waals surface area contributed by atoms with Crippen molar-refractivity contribution in [2.75, 3.05) is 17.2 Å². The molecule has 4 heterocycles. The first-order valence-electron chi connectivity index (χ1n) is 12.5. The monoisotopic (exact) mass is 587 g/mol. The zero-order valence-electron chi connectivity index (χ0n) is 21.8. The molecule has 41 heavy (non-hydrogen) atoms. The largest absolute Gasteiger partial charge is 0.465 e. The van der Waals surface area contributed by atoms with Crippen LogP contribution in [0.2, 0.25) is 0 Å². The molecule has 0 aliphatic carbocycles. The quantitative estimate of drug-likeness (QED) is 0.242. The van der Waals surface area contributed by atoms with Crippen molar-refractivity contribution in [1.29, 1.82) is 0 Å². The van der Waals surface area contributed by atoms with Gasteiger partial charge in [-0.3, -0.25) is 4.79 Å². The summed E-state index contributed by atoms with van der Waals surface area (Å²) in [5.41, 5.74) is -0.130. The molecule has 1 aliphatic rings. The van der Waals surface area contributed by atoms with Crippen LogP contribution in [-0.4, -0.2) is 60.6 Å². The molecule has 5 rings (SSSR count). The first-order valence-corrected chi connectivity index (χ1v) is 13.3. The molecule has 2 amide bonds. The van der Waals surface area contributed by atoms with Gasteiger partial charge in [0, 0.05) is 31.1 Å². The van der Waals surface area contributed by atoms with Crippen molar-refractivity contribution in [1.82, 2.24) is 24.8 Å². The van der Waals surface area contributed by atoms with Gasteiger partial charge in [0.05, 0.1) is 16.4 Å². The number of carbonyl (C=O) groups excluding carboxylic acids is 1. The number of rotatable bonds is 7. The number of carboxylic acid groups (broad SMARTS) is 1. The second-order valence-electron chi connectivity index (χ2n) is 9.36. The standard InChI is InChI=1S/C26H24F3N7O4S/c1-13(17-5-4-10-36(17)25(38)39)32-23-15(8-9-20(34-23)26(27,28)29)16-11-21(31-12-30-16)40-18-6-3-7-19-22(18)35-24(41-19)33-14(2)37/h3,6-9,11-13,17H,4-5,10H2,1-2H3,(H,32,34)(H,38,39)(H,33,35,37)/t13-,17?/m0/s1. The van der Waals surface area contributed by atoms with E-state index in [9.17, 15) is 27.9 Å². The lowest BCUT2D eigenvalue weighted by atomic mass is 10.1. The molecular formula is C26H24F3N7O4S. The fourth-order valence-electron chi connectivity index (χ4n) is 4.66. The number of benzene rings is 1. The third kappa shape index (κ3) is 6.14. The summed E-state index contributed by atoms with van der Waals surface area (Å²) < 4.78 is 47.4. The Morgan fingerprint density at radius 2 is 2.00 bits per heavy atom. The van der Waals surface area contributed by atoms with Gasteiger partial charge >= 0.3 is 12.3 Å². The van der Waals surface area contributed by atoms with Crippen LogP contribution in [0.4, 0.5) is 28.9 Å². The van der Waals surface area contributed by atoms with Gasteiger partial charge < -0.3 is 25.4 Å². The molecule has 214 valence electrons. The molecule has 1 unspecified atom stereocenters. The smallest absolute Gasteiger partial charge is 0.433 e. The number of carbonyl (C=O) groups is 2. The van der Waals surface area contributed by atoms with E-state index in [4.69, 9.17) is 4.74 Å². The Hall–Kier alpha value is -4.53. The van der Waals surface area contributed by atoms with Crippen molar-refractivity contribution in [2.24, 2.45) is 0 Å². The maximum absolute atomic E-state index is 13.6. The lowest BCUT2D eigenvalue weighted by Gasteiger charge is -2.29. The van der Waals surface area contributed by atoms with Gasteiger partial charge in [0.1, 0.15) is 23.4 Å². The Kier molecular flexibility index (Phi) is 7.62. The van der Waals surface area contributed by atoms with Gasteiger partial charge in [-0.05, 0) is 44.0 Å². The maximum atomic E-state index is 13.6.